The Kier molecular flexibility index (Phi) is 5.07. The molecule has 0 fully saturated rings. The molecule has 0 spiro atoms. The first kappa shape index (κ1) is 18.9. The summed E-state index contributed by atoms with van der Waals surface area (Å²) in [7, 11) is 0. The van der Waals surface area contributed by atoms with Crippen molar-refractivity contribution in [3.63, 3.8) is 0 Å². The van der Waals surface area contributed by atoms with E-state index in [0.29, 0.717) is 13.0 Å². The summed E-state index contributed by atoms with van der Waals surface area (Å²) in [6, 6.07) is 2.08. The van der Waals surface area contributed by atoms with Crippen molar-refractivity contribution in [2.45, 2.75) is 25.7 Å². The van der Waals surface area contributed by atoms with Crippen LogP contribution < -0.4 is 5.73 Å². The highest BCUT2D eigenvalue weighted by Gasteiger charge is 2.52. The Morgan fingerprint density at radius 2 is 1.74 bits per heavy atom. The number of anilines is 1. The Labute approximate surface area is 126 Å². The molecule has 1 atom stereocenters. The highest BCUT2D eigenvalue weighted by Crippen LogP contribution is 2.42. The van der Waals surface area contributed by atoms with Crippen LogP contribution in [-0.4, -0.2) is 18.5 Å². The minimum Gasteiger partial charge on any atom is -0.398 e. The van der Waals surface area contributed by atoms with Crippen LogP contribution in [0.4, 0.5) is 32.0 Å². The Morgan fingerprint density at radius 3 is 2.17 bits per heavy atom. The van der Waals surface area contributed by atoms with Crippen LogP contribution in [-0.2, 0) is 6.18 Å². The van der Waals surface area contributed by atoms with Gasteiger partial charge in [0.05, 0.1) is 17.5 Å². The van der Waals surface area contributed by atoms with Gasteiger partial charge in [-0.2, -0.15) is 31.2 Å². The van der Waals surface area contributed by atoms with Crippen LogP contribution in [0.25, 0.3) is 0 Å². The molecule has 0 bridgehead atoms. The first-order chi connectivity index (χ1) is 10.3. The molecule has 0 aliphatic carbocycles. The predicted molar refractivity (Wildman–Crippen MR) is 69.6 cm³/mol. The maximum atomic E-state index is 12.9. The van der Waals surface area contributed by atoms with E-state index in [1.807, 2.05) is 0 Å². The molecule has 1 rings (SSSR count). The lowest BCUT2D eigenvalue weighted by molar-refractivity contribution is -0.212. The third-order valence-electron chi connectivity index (χ3n) is 3.33. The number of carbonyl (C=O) groups is 1. The zero-order valence-electron chi connectivity index (χ0n) is 11.8. The number of rotatable bonds is 5. The Balaban J connectivity index is 3.18. The molecule has 128 valence electrons. The number of nitrogens with two attached hydrogens (primary N) is 1. The number of benzene rings is 1. The van der Waals surface area contributed by atoms with E-state index in [1.54, 1.807) is 0 Å². The van der Waals surface area contributed by atoms with Gasteiger partial charge in [0, 0.05) is 17.7 Å². The summed E-state index contributed by atoms with van der Waals surface area (Å²) in [5.74, 6) is -1.20. The number of nitrogen functional groups attached to an aromatic ring is 1. The molecule has 0 saturated heterocycles. The van der Waals surface area contributed by atoms with Crippen LogP contribution in [0.5, 0.6) is 0 Å². The fraction of sp³-hybridized carbons (Fsp3) is 0.462. The average molecular weight is 342 g/mol. The van der Waals surface area contributed by atoms with Crippen molar-refractivity contribution in [3.8, 4) is 0 Å². The first-order valence-electron chi connectivity index (χ1n) is 6.17. The zero-order valence-corrected chi connectivity index (χ0v) is 11.8. The molecular formula is C13H12F6N2O2. The molecule has 1 aromatic rings. The van der Waals surface area contributed by atoms with E-state index in [2.05, 4.69) is 5.18 Å². The van der Waals surface area contributed by atoms with Crippen LogP contribution in [0, 0.1) is 10.3 Å². The molecule has 0 saturated carbocycles. The highest BCUT2D eigenvalue weighted by atomic mass is 19.4. The van der Waals surface area contributed by atoms with Crippen molar-refractivity contribution >= 4 is 11.5 Å². The Bertz CT molecular complexity index is 611. The monoisotopic (exact) mass is 342 g/mol. The van der Waals surface area contributed by atoms with Gasteiger partial charge in [0.25, 0.3) is 0 Å². The molecule has 0 amide bonds. The minimum atomic E-state index is -4.92. The van der Waals surface area contributed by atoms with E-state index >= 15 is 0 Å². The molecule has 0 unspecified atom stereocenters. The molecule has 10 heteroatoms. The number of carbonyl (C=O) groups excluding carboxylic acids is 1. The van der Waals surface area contributed by atoms with Crippen molar-refractivity contribution < 1.29 is 31.1 Å². The number of alkyl halides is 6. The standard InChI is InChI=1S/C13H12F6N2O2/c1-11(6-21-23,13(17,18)19)5-10(22)7-2-3-9(20)8(4-7)12(14,15)16/h2-4H,5-6,20H2,1H3/t11-/m0/s1. The van der Waals surface area contributed by atoms with Gasteiger partial charge in [0.1, 0.15) is 0 Å². The highest BCUT2D eigenvalue weighted by molar-refractivity contribution is 5.97. The van der Waals surface area contributed by atoms with Gasteiger partial charge < -0.3 is 5.73 Å². The third-order valence-corrected chi connectivity index (χ3v) is 3.33. The Hall–Kier alpha value is -2.13. The van der Waals surface area contributed by atoms with Crippen LogP contribution in [0.2, 0.25) is 0 Å². The summed E-state index contributed by atoms with van der Waals surface area (Å²) in [6.07, 6.45) is -11.0. The molecule has 4 nitrogen and oxygen atoms in total. The predicted octanol–water partition coefficient (Wildman–Crippen LogP) is 4.20. The zero-order chi connectivity index (χ0) is 18.1. The summed E-state index contributed by atoms with van der Waals surface area (Å²) in [5.41, 5.74) is -0.147. The summed E-state index contributed by atoms with van der Waals surface area (Å²) in [4.78, 5) is 22.1. The van der Waals surface area contributed by atoms with E-state index in [4.69, 9.17) is 5.73 Å². The van der Waals surface area contributed by atoms with E-state index < -0.39 is 53.3 Å². The number of nitroso groups, excluding NO2 is 1. The summed E-state index contributed by atoms with van der Waals surface area (Å²) in [6.45, 7) is -0.613. The number of Topliss-reactive ketones (excluding diaryl/α,β-unsaturated/α-hetero) is 1. The van der Waals surface area contributed by atoms with Crippen molar-refractivity contribution in [3.05, 3.63) is 34.2 Å². The van der Waals surface area contributed by atoms with Gasteiger partial charge >= 0.3 is 12.4 Å². The van der Waals surface area contributed by atoms with Gasteiger partial charge in [-0.25, -0.2) is 0 Å². The van der Waals surface area contributed by atoms with E-state index in [0.717, 1.165) is 12.1 Å². The van der Waals surface area contributed by atoms with Crippen LogP contribution in [0.1, 0.15) is 29.3 Å². The Morgan fingerprint density at radius 1 is 1.17 bits per heavy atom. The van der Waals surface area contributed by atoms with E-state index in [9.17, 15) is 36.0 Å². The molecule has 0 aromatic heterocycles. The molecule has 2 N–H and O–H groups in total. The molecule has 0 radical (unpaired) electrons. The van der Waals surface area contributed by atoms with Crippen molar-refractivity contribution in [1.29, 1.82) is 0 Å². The van der Waals surface area contributed by atoms with Gasteiger partial charge in [-0.05, 0) is 25.1 Å². The fourth-order valence-electron chi connectivity index (χ4n) is 1.82. The lowest BCUT2D eigenvalue weighted by Crippen LogP contribution is -2.39. The SMILES string of the molecule is C[C@@](CN=O)(CC(=O)c1ccc(N)c(C(F)(F)F)c1)C(F)(F)F. The minimum absolute atomic E-state index is 0.392. The number of nitrogens with zero attached hydrogens (tertiary/aromatic N) is 1. The fourth-order valence-corrected chi connectivity index (χ4v) is 1.82. The maximum absolute atomic E-state index is 12.9. The summed E-state index contributed by atoms with van der Waals surface area (Å²) < 4.78 is 77.0. The van der Waals surface area contributed by atoms with Crippen LogP contribution >= 0.6 is 0 Å². The van der Waals surface area contributed by atoms with Gasteiger partial charge in [-0.1, -0.05) is 5.18 Å². The summed E-state index contributed by atoms with van der Waals surface area (Å²) in [5, 5.41) is 2.17. The second kappa shape index (κ2) is 6.17. The quantitative estimate of drug-likeness (QED) is 0.377. The number of hydrogen-bond donors (Lipinski definition) is 1. The average Bonchev–Trinajstić information content (AvgIpc) is 2.36. The lowest BCUT2D eigenvalue weighted by atomic mass is 9.82. The normalized spacial score (nSPS) is 15.1. The van der Waals surface area contributed by atoms with Crippen LogP contribution in [0.15, 0.2) is 23.4 Å². The smallest absolute Gasteiger partial charge is 0.398 e. The van der Waals surface area contributed by atoms with Gasteiger partial charge in [0.2, 0.25) is 0 Å². The van der Waals surface area contributed by atoms with E-state index in [-0.39, 0.29) is 0 Å². The number of halogens is 6. The van der Waals surface area contributed by atoms with Crippen molar-refractivity contribution in [2.75, 3.05) is 12.3 Å². The molecule has 1 aromatic carbocycles. The van der Waals surface area contributed by atoms with Gasteiger partial charge in [-0.15, -0.1) is 0 Å². The molecular weight excluding hydrogens is 330 g/mol. The van der Waals surface area contributed by atoms with Gasteiger partial charge in [-0.3, -0.25) is 4.79 Å². The van der Waals surface area contributed by atoms with Crippen molar-refractivity contribution in [1.82, 2.24) is 0 Å². The molecule has 0 heterocycles. The number of hydrogen-bond acceptors (Lipinski definition) is 4. The number of ketones is 1. The van der Waals surface area contributed by atoms with E-state index in [1.165, 1.54) is 0 Å². The second-order valence-electron chi connectivity index (χ2n) is 5.25. The third kappa shape index (κ3) is 4.20. The molecule has 0 aliphatic heterocycles. The topological polar surface area (TPSA) is 72.5 Å². The van der Waals surface area contributed by atoms with Crippen LogP contribution in [0.3, 0.4) is 0 Å². The molecule has 23 heavy (non-hydrogen) atoms. The van der Waals surface area contributed by atoms with Gasteiger partial charge in [0.15, 0.2) is 5.78 Å². The largest absolute Gasteiger partial charge is 0.418 e. The second-order valence-corrected chi connectivity index (χ2v) is 5.25. The summed E-state index contributed by atoms with van der Waals surface area (Å²) >= 11 is 0. The lowest BCUT2D eigenvalue weighted by Gasteiger charge is -2.28. The molecule has 0 aliphatic rings. The maximum Gasteiger partial charge on any atom is 0.418 e. The first-order valence-corrected chi connectivity index (χ1v) is 6.17. The van der Waals surface area contributed by atoms with Crippen molar-refractivity contribution in [2.24, 2.45) is 10.6 Å².